The molecular weight excluding hydrogens is 1290 g/mol. The SMILES string of the molecule is CC(C)(C)c1ccc2c(c1)c1cc(C(C)(C)C)ccc1n2-c1cc(-c2ccc3c(c2)n2c4cc(-c5ccccc5)ccc4nc2n3-c2ccccc2)c(-n2c3ccc(C(C)(C)C)cc3c3cc(C(C)(C)C)ccc32)c(C#N)c1-c1ccc2c(c1)n1c3cc(-c4ccccc4)ccc3nc1n2-c1ccccc1. The average Bonchev–Trinajstić information content (AvgIpc) is 1.53. The van der Waals surface area contributed by atoms with Crippen LogP contribution in [0.25, 0.3) is 167 Å². The van der Waals surface area contributed by atoms with E-state index in [2.05, 4.69) is 389 Å². The molecule has 514 valence electrons. The van der Waals surface area contributed by atoms with Gasteiger partial charge in [0.15, 0.2) is 0 Å². The van der Waals surface area contributed by atoms with Gasteiger partial charge in [0, 0.05) is 44.0 Å². The fraction of sp³-hybridized carbons (Fsp3) is 0.165. The predicted molar refractivity (Wildman–Crippen MR) is 443 cm³/mol. The highest BCUT2D eigenvalue weighted by Crippen LogP contribution is 2.50. The maximum atomic E-state index is 13.3. The van der Waals surface area contributed by atoms with Crippen LogP contribution in [0.3, 0.4) is 0 Å². The molecule has 9 heteroatoms. The molecule has 9 nitrogen and oxygen atoms in total. The first-order valence-corrected chi connectivity index (χ1v) is 37.0. The van der Waals surface area contributed by atoms with Crippen molar-refractivity contribution in [3.8, 4) is 73.3 Å². The number of benzene rings is 13. The van der Waals surface area contributed by atoms with Crippen LogP contribution in [0.1, 0.15) is 111 Å². The highest BCUT2D eigenvalue weighted by molar-refractivity contribution is 6.14. The number of hydrogen-bond acceptors (Lipinski definition) is 3. The van der Waals surface area contributed by atoms with Crippen molar-refractivity contribution in [1.82, 2.24) is 37.0 Å². The molecule has 0 atom stereocenters. The van der Waals surface area contributed by atoms with Crippen LogP contribution in [-0.2, 0) is 21.7 Å². The Bertz CT molecular complexity index is 6750. The van der Waals surface area contributed by atoms with E-state index < -0.39 is 0 Å². The zero-order valence-corrected chi connectivity index (χ0v) is 62.0. The molecular formula is C97H81N9. The minimum atomic E-state index is -0.158. The van der Waals surface area contributed by atoms with Crippen molar-refractivity contribution < 1.29 is 0 Å². The van der Waals surface area contributed by atoms with Crippen molar-refractivity contribution in [3.05, 3.63) is 301 Å². The average molecular weight is 1370 g/mol. The van der Waals surface area contributed by atoms with E-state index >= 15 is 0 Å². The van der Waals surface area contributed by atoms with E-state index in [0.717, 1.165) is 167 Å². The van der Waals surface area contributed by atoms with Gasteiger partial charge < -0.3 is 9.13 Å². The van der Waals surface area contributed by atoms with E-state index in [1.165, 1.54) is 22.3 Å². The summed E-state index contributed by atoms with van der Waals surface area (Å²) in [6, 6.07) is 103. The first-order chi connectivity index (χ1) is 51.0. The Morgan fingerprint density at radius 1 is 0.283 bits per heavy atom. The molecule has 6 heterocycles. The number of nitrogens with zero attached hydrogens (tertiary/aromatic N) is 9. The van der Waals surface area contributed by atoms with Crippen LogP contribution < -0.4 is 0 Å². The standard InChI is InChI=1S/C97H81N9/c1-94(2,3)65-37-45-79-72(53-65)73-54-66(95(4,5)6)38-46-80(73)103(79)89-57-71(63-35-43-83-87(51-63)105-85-49-61(59-25-17-13-18-26-59)33-41-77(85)99-92(105)101(83)69-29-21-15-22-30-69)91(104-81-47-39-67(96(7,8)9)55-74(81)75-56-68(97(10,11)12)40-48-82(75)104)76(58-98)90(89)64-36-44-84-88(52-64)106-86-50-62(60-27-19-14-20-28-60)34-42-78(86)100-93(106)102(84)70-31-23-16-24-32-70/h13-57H,1-12H3. The molecule has 0 saturated heterocycles. The van der Waals surface area contributed by atoms with Crippen molar-refractivity contribution in [2.24, 2.45) is 0 Å². The van der Waals surface area contributed by atoms with Gasteiger partial charge in [0.25, 0.3) is 0 Å². The monoisotopic (exact) mass is 1370 g/mol. The number of nitriles is 1. The summed E-state index contributed by atoms with van der Waals surface area (Å²) in [5, 5.41) is 17.9. The Hall–Kier alpha value is -12.5. The summed E-state index contributed by atoms with van der Waals surface area (Å²) in [6.45, 7) is 27.6. The smallest absolute Gasteiger partial charge is 0.220 e. The van der Waals surface area contributed by atoms with Crippen LogP contribution in [0.5, 0.6) is 0 Å². The Labute approximate surface area is 616 Å². The van der Waals surface area contributed by atoms with E-state index in [4.69, 9.17) is 9.97 Å². The lowest BCUT2D eigenvalue weighted by atomic mass is 9.85. The summed E-state index contributed by atoms with van der Waals surface area (Å²) in [7, 11) is 0. The third-order valence-electron chi connectivity index (χ3n) is 22.3. The van der Waals surface area contributed by atoms with Crippen LogP contribution >= 0.6 is 0 Å². The molecule has 13 aromatic carbocycles. The van der Waals surface area contributed by atoms with Gasteiger partial charge >= 0.3 is 0 Å². The minimum absolute atomic E-state index is 0.148. The van der Waals surface area contributed by atoms with Crippen molar-refractivity contribution in [3.63, 3.8) is 0 Å². The fourth-order valence-electron chi connectivity index (χ4n) is 16.6. The molecule has 19 aromatic rings. The molecule has 19 rings (SSSR count). The Kier molecular flexibility index (Phi) is 14.1. The molecule has 106 heavy (non-hydrogen) atoms. The second kappa shape index (κ2) is 23.2. The molecule has 0 radical (unpaired) electrons. The maximum Gasteiger partial charge on any atom is 0.220 e. The van der Waals surface area contributed by atoms with E-state index in [1.807, 2.05) is 0 Å². The summed E-state index contributed by atoms with van der Waals surface area (Å²) < 4.78 is 14.2. The third kappa shape index (κ3) is 10.0. The van der Waals surface area contributed by atoms with Crippen molar-refractivity contribution in [1.29, 1.82) is 5.26 Å². The number of imidazole rings is 4. The molecule has 0 amide bonds. The van der Waals surface area contributed by atoms with Crippen molar-refractivity contribution >= 4 is 99.3 Å². The Morgan fingerprint density at radius 2 is 0.623 bits per heavy atom. The second-order valence-corrected chi connectivity index (χ2v) is 33.1. The molecule has 0 unspecified atom stereocenters. The number of rotatable bonds is 8. The van der Waals surface area contributed by atoms with Gasteiger partial charge in [-0.2, -0.15) is 5.26 Å². The number of para-hydroxylation sites is 2. The van der Waals surface area contributed by atoms with Gasteiger partial charge in [-0.25, -0.2) is 9.97 Å². The molecule has 0 fully saturated rings. The second-order valence-electron chi connectivity index (χ2n) is 33.1. The van der Waals surface area contributed by atoms with Gasteiger partial charge in [-0.3, -0.25) is 17.9 Å². The van der Waals surface area contributed by atoms with E-state index in [-0.39, 0.29) is 21.7 Å². The van der Waals surface area contributed by atoms with Crippen LogP contribution in [-0.4, -0.2) is 37.0 Å². The molecule has 0 saturated carbocycles. The Morgan fingerprint density at radius 3 is 1.01 bits per heavy atom. The Balaban J connectivity index is 1.01. The summed E-state index contributed by atoms with van der Waals surface area (Å²) in [6.07, 6.45) is 0. The fourth-order valence-corrected chi connectivity index (χ4v) is 16.6. The summed E-state index contributed by atoms with van der Waals surface area (Å²) in [5.41, 5.74) is 28.3. The van der Waals surface area contributed by atoms with Crippen molar-refractivity contribution in [2.45, 2.75) is 105 Å². The van der Waals surface area contributed by atoms with Crippen LogP contribution in [0.4, 0.5) is 0 Å². The lowest BCUT2D eigenvalue weighted by Crippen LogP contribution is -2.11. The lowest BCUT2D eigenvalue weighted by Gasteiger charge is -2.24. The summed E-state index contributed by atoms with van der Waals surface area (Å²) >= 11 is 0. The van der Waals surface area contributed by atoms with Gasteiger partial charge in [-0.15, -0.1) is 0 Å². The van der Waals surface area contributed by atoms with Gasteiger partial charge in [-0.1, -0.05) is 229 Å². The van der Waals surface area contributed by atoms with Crippen LogP contribution in [0.2, 0.25) is 0 Å². The topological polar surface area (TPSA) is 78.1 Å². The quantitative estimate of drug-likeness (QED) is 0.152. The van der Waals surface area contributed by atoms with Crippen molar-refractivity contribution in [2.75, 3.05) is 0 Å². The largest absolute Gasteiger partial charge is 0.309 e. The van der Waals surface area contributed by atoms with E-state index in [9.17, 15) is 5.26 Å². The summed E-state index contributed by atoms with van der Waals surface area (Å²) in [5.74, 6) is 1.60. The molecule has 6 aromatic heterocycles. The van der Waals surface area contributed by atoms with E-state index in [0.29, 0.717) is 5.56 Å². The summed E-state index contributed by atoms with van der Waals surface area (Å²) in [4.78, 5) is 11.0. The molecule has 0 aliphatic carbocycles. The normalized spacial score (nSPS) is 12.7. The number of hydrogen-bond donors (Lipinski definition) is 0. The third-order valence-corrected chi connectivity index (χ3v) is 22.3. The van der Waals surface area contributed by atoms with Gasteiger partial charge in [0.2, 0.25) is 11.6 Å². The maximum absolute atomic E-state index is 13.3. The first-order valence-electron chi connectivity index (χ1n) is 37.0. The highest BCUT2D eigenvalue weighted by Gasteiger charge is 2.32. The van der Waals surface area contributed by atoms with Crippen LogP contribution in [0, 0.1) is 11.3 Å². The van der Waals surface area contributed by atoms with Crippen LogP contribution in [0.15, 0.2) is 273 Å². The predicted octanol–water partition coefficient (Wildman–Crippen LogP) is 25.1. The molecule has 0 bridgehead atoms. The first kappa shape index (κ1) is 64.3. The lowest BCUT2D eigenvalue weighted by molar-refractivity contribution is 0.590. The number of fused-ring (bicyclic) bond motifs is 16. The minimum Gasteiger partial charge on any atom is -0.309 e. The van der Waals surface area contributed by atoms with Gasteiger partial charge in [0.05, 0.1) is 83.1 Å². The molecule has 0 spiro atoms. The molecule has 0 aliphatic rings. The number of aromatic nitrogens is 8. The molecule has 0 N–H and O–H groups in total. The van der Waals surface area contributed by atoms with E-state index in [1.54, 1.807) is 0 Å². The zero-order valence-electron chi connectivity index (χ0n) is 62.0. The highest BCUT2D eigenvalue weighted by atomic mass is 15.2. The zero-order chi connectivity index (χ0) is 72.6. The van der Waals surface area contributed by atoms with Gasteiger partial charge in [0.1, 0.15) is 6.07 Å². The molecule has 0 aliphatic heterocycles. The van der Waals surface area contributed by atoms with Gasteiger partial charge in [-0.05, 0) is 205 Å².